The highest BCUT2D eigenvalue weighted by Crippen LogP contribution is 2.26. The maximum atomic E-state index is 12.4. The van der Waals surface area contributed by atoms with Gasteiger partial charge < -0.3 is 14.9 Å². The first-order valence-electron chi connectivity index (χ1n) is 10.5. The van der Waals surface area contributed by atoms with Crippen LogP contribution >= 0.6 is 0 Å². The van der Waals surface area contributed by atoms with Gasteiger partial charge in [0.2, 0.25) is 0 Å². The number of hydrogen-bond acceptors (Lipinski definition) is 7. The number of rotatable bonds is 11. The predicted octanol–water partition coefficient (Wildman–Crippen LogP) is 2.44. The zero-order valence-electron chi connectivity index (χ0n) is 18.9. The van der Waals surface area contributed by atoms with Gasteiger partial charge in [0.25, 0.3) is 17.7 Å². The van der Waals surface area contributed by atoms with E-state index in [2.05, 4.69) is 5.32 Å². The number of nitrogens with zero attached hydrogens (tertiary/aromatic N) is 1. The molecule has 1 aromatic carbocycles. The number of imide groups is 1. The summed E-state index contributed by atoms with van der Waals surface area (Å²) in [6, 6.07) is 6.34. The zero-order chi connectivity index (χ0) is 23.9. The largest absolute Gasteiger partial charge is 0.375 e. The van der Waals surface area contributed by atoms with Gasteiger partial charge in [0, 0.05) is 37.1 Å². The molecule has 3 amide bonds. The first kappa shape index (κ1) is 25.2. The van der Waals surface area contributed by atoms with E-state index < -0.39 is 28.8 Å². The van der Waals surface area contributed by atoms with Crippen molar-refractivity contribution in [1.82, 2.24) is 10.4 Å². The van der Waals surface area contributed by atoms with Crippen molar-refractivity contribution < 1.29 is 33.5 Å². The summed E-state index contributed by atoms with van der Waals surface area (Å²) in [6.07, 6.45) is 1.66. The topological polar surface area (TPSA) is 119 Å². The van der Waals surface area contributed by atoms with Crippen LogP contribution in [0.25, 0.3) is 0 Å². The van der Waals surface area contributed by atoms with Gasteiger partial charge in [-0.05, 0) is 52.7 Å². The lowest BCUT2D eigenvalue weighted by atomic mass is 9.90. The third-order valence-electron chi connectivity index (χ3n) is 5.27. The Labute approximate surface area is 187 Å². The number of ether oxygens (including phenoxy) is 1. The van der Waals surface area contributed by atoms with E-state index in [1.54, 1.807) is 38.1 Å². The molecule has 0 radical (unpaired) electrons. The van der Waals surface area contributed by atoms with E-state index >= 15 is 0 Å². The molecule has 0 saturated carbocycles. The van der Waals surface area contributed by atoms with Crippen LogP contribution in [0.1, 0.15) is 74.1 Å². The number of hydrogen-bond donors (Lipinski definition) is 1. The Kier molecular flexibility index (Phi) is 8.26. The van der Waals surface area contributed by atoms with Crippen molar-refractivity contribution in [3.63, 3.8) is 0 Å². The smallest absolute Gasteiger partial charge is 0.338 e. The Bertz CT molecular complexity index is 859. The van der Waals surface area contributed by atoms with E-state index in [1.807, 2.05) is 13.8 Å². The van der Waals surface area contributed by atoms with Crippen molar-refractivity contribution in [3.05, 3.63) is 35.4 Å². The second-order valence-electron chi connectivity index (χ2n) is 8.95. The summed E-state index contributed by atoms with van der Waals surface area (Å²) in [6.45, 7) is 7.71. The number of hydroxylamine groups is 2. The molecule has 1 heterocycles. The van der Waals surface area contributed by atoms with Gasteiger partial charge in [0.15, 0.2) is 0 Å². The van der Waals surface area contributed by atoms with Gasteiger partial charge in [-0.25, -0.2) is 4.79 Å². The van der Waals surface area contributed by atoms with Gasteiger partial charge in [0.1, 0.15) is 6.29 Å². The average molecular weight is 447 g/mol. The third kappa shape index (κ3) is 6.98. The molecule has 0 atom stereocenters. The van der Waals surface area contributed by atoms with Crippen molar-refractivity contribution in [1.29, 1.82) is 0 Å². The first-order valence-corrected chi connectivity index (χ1v) is 10.5. The molecule has 9 nitrogen and oxygen atoms in total. The summed E-state index contributed by atoms with van der Waals surface area (Å²) >= 11 is 0. The van der Waals surface area contributed by atoms with Crippen LogP contribution in [0.4, 0.5) is 0 Å². The quantitative estimate of drug-likeness (QED) is 0.409. The second-order valence-corrected chi connectivity index (χ2v) is 8.95. The van der Waals surface area contributed by atoms with Gasteiger partial charge in [-0.2, -0.15) is 0 Å². The number of nitrogens with one attached hydrogen (secondary N) is 1. The van der Waals surface area contributed by atoms with E-state index in [1.165, 1.54) is 0 Å². The van der Waals surface area contributed by atoms with E-state index in [0.29, 0.717) is 41.9 Å². The molecule has 174 valence electrons. The molecule has 0 spiro atoms. The second kappa shape index (κ2) is 10.5. The van der Waals surface area contributed by atoms with Crippen molar-refractivity contribution in [2.75, 3.05) is 13.2 Å². The molecule has 9 heteroatoms. The molecule has 2 rings (SSSR count). The van der Waals surface area contributed by atoms with Crippen LogP contribution < -0.4 is 5.32 Å². The zero-order valence-corrected chi connectivity index (χ0v) is 18.9. The number of aldehydes is 1. The lowest BCUT2D eigenvalue weighted by Gasteiger charge is -2.29. The van der Waals surface area contributed by atoms with Crippen LogP contribution in [-0.4, -0.2) is 53.8 Å². The number of amides is 3. The SMILES string of the molecule is CC(C)(CCNC(=O)c1ccc(C=O)cc1)OCCC(C)(C)C(=O)ON1C(=O)CCC1=O. The molecular weight excluding hydrogens is 416 g/mol. The monoisotopic (exact) mass is 446 g/mol. The fourth-order valence-corrected chi connectivity index (χ4v) is 2.91. The van der Waals surface area contributed by atoms with E-state index in [9.17, 15) is 24.0 Å². The minimum Gasteiger partial charge on any atom is -0.375 e. The molecule has 1 N–H and O–H groups in total. The van der Waals surface area contributed by atoms with E-state index in [-0.39, 0.29) is 25.4 Å². The number of benzene rings is 1. The summed E-state index contributed by atoms with van der Waals surface area (Å²) in [5.74, 6) is -1.94. The van der Waals surface area contributed by atoms with Gasteiger partial charge in [-0.1, -0.05) is 12.1 Å². The lowest BCUT2D eigenvalue weighted by Crippen LogP contribution is -2.39. The minimum atomic E-state index is -0.957. The molecule has 0 bridgehead atoms. The van der Waals surface area contributed by atoms with Gasteiger partial charge in [0.05, 0.1) is 11.0 Å². The van der Waals surface area contributed by atoms with E-state index in [4.69, 9.17) is 9.57 Å². The Morgan fingerprint density at radius 1 is 1.03 bits per heavy atom. The van der Waals surface area contributed by atoms with Crippen molar-refractivity contribution in [2.45, 2.75) is 59.0 Å². The molecule has 0 aromatic heterocycles. The summed E-state index contributed by atoms with van der Waals surface area (Å²) in [4.78, 5) is 63.5. The highest BCUT2D eigenvalue weighted by Gasteiger charge is 2.38. The Morgan fingerprint density at radius 2 is 1.62 bits per heavy atom. The molecule has 0 unspecified atom stereocenters. The average Bonchev–Trinajstić information content (AvgIpc) is 3.05. The maximum Gasteiger partial charge on any atom is 0.338 e. The Balaban J connectivity index is 1.74. The normalized spacial score (nSPS) is 14.4. The van der Waals surface area contributed by atoms with Gasteiger partial charge in [-0.3, -0.25) is 19.2 Å². The molecule has 1 aromatic rings. The van der Waals surface area contributed by atoms with Crippen molar-refractivity contribution in [2.24, 2.45) is 5.41 Å². The van der Waals surface area contributed by atoms with Crippen LogP contribution in [0.15, 0.2) is 24.3 Å². The first-order chi connectivity index (χ1) is 14.9. The fraction of sp³-hybridized carbons (Fsp3) is 0.522. The predicted molar refractivity (Wildman–Crippen MR) is 114 cm³/mol. The van der Waals surface area contributed by atoms with Crippen LogP contribution in [0.3, 0.4) is 0 Å². The number of carbonyl (C=O) groups excluding carboxylic acids is 5. The molecule has 1 aliphatic heterocycles. The third-order valence-corrected chi connectivity index (χ3v) is 5.27. The lowest BCUT2D eigenvalue weighted by molar-refractivity contribution is -0.205. The molecule has 1 aliphatic rings. The molecular formula is C23H30N2O7. The maximum absolute atomic E-state index is 12.4. The van der Waals surface area contributed by atoms with Crippen LogP contribution in [0.2, 0.25) is 0 Å². The van der Waals surface area contributed by atoms with Gasteiger partial charge >= 0.3 is 5.97 Å². The Hall–Kier alpha value is -3.07. The summed E-state index contributed by atoms with van der Waals surface area (Å²) in [5.41, 5.74) is -0.553. The van der Waals surface area contributed by atoms with Crippen LogP contribution in [0, 0.1) is 5.41 Å². The van der Waals surface area contributed by atoms with Crippen LogP contribution in [0.5, 0.6) is 0 Å². The number of carbonyl (C=O) groups is 5. The highest BCUT2D eigenvalue weighted by atomic mass is 16.7. The summed E-state index contributed by atoms with van der Waals surface area (Å²) < 4.78 is 5.90. The van der Waals surface area contributed by atoms with Crippen LogP contribution in [-0.2, 0) is 24.0 Å². The molecule has 1 fully saturated rings. The molecule has 0 aliphatic carbocycles. The Morgan fingerprint density at radius 3 is 2.19 bits per heavy atom. The highest BCUT2D eigenvalue weighted by molar-refractivity contribution is 6.01. The minimum absolute atomic E-state index is 0.0461. The summed E-state index contributed by atoms with van der Waals surface area (Å²) in [7, 11) is 0. The molecule has 1 saturated heterocycles. The van der Waals surface area contributed by atoms with E-state index in [0.717, 1.165) is 0 Å². The van der Waals surface area contributed by atoms with Crippen molar-refractivity contribution >= 4 is 30.0 Å². The fourth-order valence-electron chi connectivity index (χ4n) is 2.91. The summed E-state index contributed by atoms with van der Waals surface area (Å²) in [5, 5.41) is 3.36. The standard InChI is InChI=1S/C23H30N2O7/c1-22(2,21(30)32-25-18(27)9-10-19(25)28)12-14-31-23(3,4)11-13-24-20(29)17-7-5-16(15-26)6-8-17/h5-8,15H,9-14H2,1-4H3,(H,24,29). The van der Waals surface area contributed by atoms with Gasteiger partial charge in [-0.15, -0.1) is 5.06 Å². The van der Waals surface area contributed by atoms with Crippen molar-refractivity contribution in [3.8, 4) is 0 Å². The molecule has 32 heavy (non-hydrogen) atoms.